The Morgan fingerprint density at radius 1 is 1.18 bits per heavy atom. The van der Waals surface area contributed by atoms with Gasteiger partial charge in [0.2, 0.25) is 0 Å². The van der Waals surface area contributed by atoms with Crippen molar-refractivity contribution in [2.75, 3.05) is 0 Å². The van der Waals surface area contributed by atoms with E-state index in [1.165, 1.54) is 12.1 Å². The zero-order valence-corrected chi connectivity index (χ0v) is 19.7. The molecule has 1 saturated carbocycles. The van der Waals surface area contributed by atoms with Crippen LogP contribution >= 0.6 is 23.2 Å². The van der Waals surface area contributed by atoms with Crippen LogP contribution in [0.15, 0.2) is 30.3 Å². The first-order valence-electron chi connectivity index (χ1n) is 10.4. The van der Waals surface area contributed by atoms with Crippen molar-refractivity contribution in [3.8, 4) is 5.75 Å². The van der Waals surface area contributed by atoms with Gasteiger partial charge in [-0.2, -0.15) is 13.2 Å². The maximum Gasteiger partial charge on any atom is 0.416 e. The predicted molar refractivity (Wildman–Crippen MR) is 124 cm³/mol. The molecule has 1 aliphatic rings. The van der Waals surface area contributed by atoms with Crippen LogP contribution in [0, 0.1) is 6.92 Å². The van der Waals surface area contributed by atoms with Gasteiger partial charge in [0.25, 0.3) is 6.47 Å². The van der Waals surface area contributed by atoms with Crippen molar-refractivity contribution in [2.24, 2.45) is 7.05 Å². The molecule has 0 unspecified atom stereocenters. The Kier molecular flexibility index (Phi) is 7.85. The molecule has 3 aromatic rings. The van der Waals surface area contributed by atoms with Crippen molar-refractivity contribution < 1.29 is 27.8 Å². The van der Waals surface area contributed by atoms with E-state index in [0.29, 0.717) is 38.9 Å². The number of carboxylic acid groups (broad SMARTS) is 1. The maximum atomic E-state index is 13.2. The van der Waals surface area contributed by atoms with Gasteiger partial charge in [-0.3, -0.25) is 4.79 Å². The van der Waals surface area contributed by atoms with Crippen molar-refractivity contribution in [3.63, 3.8) is 0 Å². The number of alkyl halides is 3. The first-order chi connectivity index (χ1) is 15.6. The van der Waals surface area contributed by atoms with E-state index in [1.807, 2.05) is 6.07 Å². The van der Waals surface area contributed by atoms with Gasteiger partial charge in [0.05, 0.1) is 16.7 Å². The molecule has 0 amide bonds. The van der Waals surface area contributed by atoms with Gasteiger partial charge in [-0.25, -0.2) is 0 Å². The summed E-state index contributed by atoms with van der Waals surface area (Å²) in [6, 6.07) is 7.83. The molecule has 1 fully saturated rings. The maximum absolute atomic E-state index is 13.2. The summed E-state index contributed by atoms with van der Waals surface area (Å²) in [7, 11) is 1.76. The normalized spacial score (nSPS) is 14.3. The average Bonchev–Trinajstić information content (AvgIpc) is 3.36. The lowest BCUT2D eigenvalue weighted by Crippen LogP contribution is -2.11. The van der Waals surface area contributed by atoms with Gasteiger partial charge in [-0.05, 0) is 74.1 Å². The highest BCUT2D eigenvalue weighted by Crippen LogP contribution is 2.39. The summed E-state index contributed by atoms with van der Waals surface area (Å²) in [5.41, 5.74) is 2.01. The second-order valence-corrected chi connectivity index (χ2v) is 8.85. The third-order valence-electron chi connectivity index (χ3n) is 5.90. The van der Waals surface area contributed by atoms with E-state index in [-0.39, 0.29) is 12.6 Å². The summed E-state index contributed by atoms with van der Waals surface area (Å²) in [6.45, 7) is 1.44. The third kappa shape index (κ3) is 5.58. The highest BCUT2D eigenvalue weighted by molar-refractivity contribution is 6.37. The van der Waals surface area contributed by atoms with E-state index < -0.39 is 11.7 Å². The predicted octanol–water partition coefficient (Wildman–Crippen LogP) is 7.43. The molecule has 4 rings (SSSR count). The molecule has 0 radical (unpaired) electrons. The fraction of sp³-hybridized carbons (Fsp3) is 0.375. The van der Waals surface area contributed by atoms with E-state index in [0.717, 1.165) is 36.8 Å². The molecule has 0 aliphatic heterocycles. The smallest absolute Gasteiger partial charge is 0.416 e. The molecule has 0 atom stereocenters. The molecular formula is C24H24Cl2F3NO3. The molecule has 1 aromatic heterocycles. The minimum Gasteiger partial charge on any atom is -0.489 e. The van der Waals surface area contributed by atoms with Crippen LogP contribution in [0.2, 0.25) is 10.0 Å². The van der Waals surface area contributed by atoms with Crippen molar-refractivity contribution in [3.05, 3.63) is 62.8 Å². The monoisotopic (exact) mass is 501 g/mol. The number of fused-ring (bicyclic) bond motifs is 1. The zero-order chi connectivity index (χ0) is 24.3. The Hall–Kier alpha value is -2.38. The molecule has 9 heteroatoms. The van der Waals surface area contributed by atoms with Gasteiger partial charge in [0, 0.05) is 35.1 Å². The summed E-state index contributed by atoms with van der Waals surface area (Å²) in [6.07, 6.45) is 0.498. The molecule has 0 spiro atoms. The summed E-state index contributed by atoms with van der Waals surface area (Å²) >= 11 is 13.1. The minimum absolute atomic E-state index is 0.164. The highest BCUT2D eigenvalue weighted by atomic mass is 35.5. The second kappa shape index (κ2) is 10.3. The number of aromatic nitrogens is 1. The molecule has 1 aliphatic carbocycles. The summed E-state index contributed by atoms with van der Waals surface area (Å²) < 4.78 is 47.6. The second-order valence-electron chi connectivity index (χ2n) is 8.06. The summed E-state index contributed by atoms with van der Waals surface area (Å²) in [4.78, 5) is 8.36. The lowest BCUT2D eigenvalue weighted by molar-refractivity contribution is -0.137. The van der Waals surface area contributed by atoms with Gasteiger partial charge in [-0.15, -0.1) is 0 Å². The number of halogens is 5. The van der Waals surface area contributed by atoms with E-state index in [2.05, 4.69) is 0 Å². The average molecular weight is 502 g/mol. The SMILES string of the molecule is Cc1cc(C(F)(F)F)cc2c1cc(Cc1c(Cl)ccc(OC3CCCC3)c1Cl)n2C.O=CO. The molecule has 2 aromatic carbocycles. The third-order valence-corrected chi connectivity index (χ3v) is 6.67. The van der Waals surface area contributed by atoms with Gasteiger partial charge >= 0.3 is 6.18 Å². The first kappa shape index (κ1) is 25.2. The number of benzene rings is 2. The van der Waals surface area contributed by atoms with E-state index >= 15 is 0 Å². The van der Waals surface area contributed by atoms with Gasteiger partial charge in [0.15, 0.2) is 0 Å². The lowest BCUT2D eigenvalue weighted by atomic mass is 10.1. The molecule has 4 nitrogen and oxygen atoms in total. The summed E-state index contributed by atoms with van der Waals surface area (Å²) in [5.74, 6) is 0.609. The Bertz CT molecular complexity index is 1150. The fourth-order valence-corrected chi connectivity index (χ4v) is 4.74. The molecule has 0 saturated heterocycles. The van der Waals surface area contributed by atoms with E-state index in [1.54, 1.807) is 30.7 Å². The molecule has 1 heterocycles. The van der Waals surface area contributed by atoms with Crippen LogP contribution in [0.1, 0.15) is 48.1 Å². The lowest BCUT2D eigenvalue weighted by Gasteiger charge is -2.17. The number of carbonyl (C=O) groups is 1. The number of ether oxygens (including phenoxy) is 1. The number of hydrogen-bond donors (Lipinski definition) is 1. The van der Waals surface area contributed by atoms with Crippen LogP contribution in [-0.2, 0) is 24.4 Å². The zero-order valence-electron chi connectivity index (χ0n) is 18.2. The highest BCUT2D eigenvalue weighted by Gasteiger charge is 2.31. The molecular weight excluding hydrogens is 478 g/mol. The largest absolute Gasteiger partial charge is 0.489 e. The van der Waals surface area contributed by atoms with Crippen LogP contribution in [0.25, 0.3) is 10.9 Å². The van der Waals surface area contributed by atoms with Gasteiger partial charge in [-0.1, -0.05) is 23.2 Å². The molecule has 33 heavy (non-hydrogen) atoms. The minimum atomic E-state index is -4.39. The van der Waals surface area contributed by atoms with Gasteiger partial charge < -0.3 is 14.4 Å². The van der Waals surface area contributed by atoms with Crippen molar-refractivity contribution >= 4 is 40.6 Å². The van der Waals surface area contributed by atoms with Crippen LogP contribution in [0.5, 0.6) is 5.75 Å². The number of nitrogens with zero attached hydrogens (tertiary/aromatic N) is 1. The Morgan fingerprint density at radius 3 is 2.42 bits per heavy atom. The number of hydrogen-bond acceptors (Lipinski definition) is 2. The quantitative estimate of drug-likeness (QED) is 0.378. The topological polar surface area (TPSA) is 51.5 Å². The molecule has 0 bridgehead atoms. The number of aryl methyl sites for hydroxylation is 2. The van der Waals surface area contributed by atoms with E-state index in [4.69, 9.17) is 37.8 Å². The van der Waals surface area contributed by atoms with Crippen molar-refractivity contribution in [1.29, 1.82) is 0 Å². The standard InChI is InChI=1S/C23H22Cl2F3NO.CH2O2/c1-13-9-14(23(26,27)28)10-20-17(13)11-15(29(20)2)12-18-19(24)7-8-21(22(18)25)30-16-5-3-4-6-16;2-1-3/h7-11,16H,3-6,12H2,1-2H3;1H,(H,2,3). The summed E-state index contributed by atoms with van der Waals surface area (Å²) in [5, 5.41) is 8.65. The van der Waals surface area contributed by atoms with Crippen molar-refractivity contribution in [1.82, 2.24) is 4.57 Å². The van der Waals surface area contributed by atoms with Crippen LogP contribution in [0.4, 0.5) is 13.2 Å². The van der Waals surface area contributed by atoms with Crippen molar-refractivity contribution in [2.45, 2.75) is 51.3 Å². The molecule has 1 N–H and O–H groups in total. The molecule has 178 valence electrons. The van der Waals surface area contributed by atoms with Gasteiger partial charge in [0.1, 0.15) is 5.75 Å². The first-order valence-corrected chi connectivity index (χ1v) is 11.2. The number of rotatable bonds is 4. The Balaban J connectivity index is 0.000000968. The fourth-order valence-electron chi connectivity index (χ4n) is 4.19. The van der Waals surface area contributed by atoms with E-state index in [9.17, 15) is 13.2 Å². The van der Waals surface area contributed by atoms with Crippen LogP contribution in [0.3, 0.4) is 0 Å². The Morgan fingerprint density at radius 2 is 1.82 bits per heavy atom. The van der Waals surface area contributed by atoms with Crippen LogP contribution < -0.4 is 4.74 Å². The van der Waals surface area contributed by atoms with Crippen LogP contribution in [-0.4, -0.2) is 22.2 Å². The Labute approximate surface area is 199 Å².